The highest BCUT2D eigenvalue weighted by molar-refractivity contribution is 8.01. The van der Waals surface area contributed by atoms with Gasteiger partial charge in [0.15, 0.2) is 0 Å². The number of nitrogens with one attached hydrogen (secondary N) is 1. The van der Waals surface area contributed by atoms with E-state index in [4.69, 9.17) is 5.73 Å². The zero-order valence-corrected chi connectivity index (χ0v) is 10.9. The van der Waals surface area contributed by atoms with E-state index in [2.05, 4.69) is 5.32 Å². The Hall–Kier alpha value is -1.28. The number of carbonyl (C=O) groups excluding carboxylic acids is 2. The first-order chi connectivity index (χ1) is 8.26. The minimum Gasteiger partial charge on any atom is -0.478 e. The van der Waals surface area contributed by atoms with Gasteiger partial charge in [0.2, 0.25) is 17.5 Å². The summed E-state index contributed by atoms with van der Waals surface area (Å²) in [5.41, 5.74) is 3.50. The first kappa shape index (κ1) is 13.2. The summed E-state index contributed by atoms with van der Waals surface area (Å²) < 4.78 is -0.819. The van der Waals surface area contributed by atoms with Gasteiger partial charge in [0.05, 0.1) is 23.1 Å². The predicted octanol–water partition coefficient (Wildman–Crippen LogP) is -1.07. The van der Waals surface area contributed by atoms with E-state index in [0.29, 0.717) is 6.42 Å². The predicted molar refractivity (Wildman–Crippen MR) is 64.5 cm³/mol. The van der Waals surface area contributed by atoms with Crippen LogP contribution in [-0.4, -0.2) is 50.1 Å². The molecule has 2 atom stereocenters. The van der Waals surface area contributed by atoms with Crippen LogP contribution in [0, 0.1) is 0 Å². The number of nitrogens with two attached hydrogens (primary N) is 1. The van der Waals surface area contributed by atoms with E-state index in [-0.39, 0.29) is 17.8 Å². The van der Waals surface area contributed by atoms with E-state index in [9.17, 15) is 19.5 Å². The smallest absolute Gasteiger partial charge is 0.352 e. The molecule has 7 nitrogen and oxygen atoms in total. The maximum Gasteiger partial charge on any atom is 0.352 e. The second-order valence-electron chi connectivity index (χ2n) is 4.82. The molecule has 1 unspecified atom stereocenters. The Morgan fingerprint density at radius 1 is 1.61 bits per heavy atom. The normalized spacial score (nSPS) is 32.7. The molecule has 2 aliphatic heterocycles. The molecule has 0 aromatic rings. The van der Waals surface area contributed by atoms with E-state index >= 15 is 0 Å². The van der Waals surface area contributed by atoms with Gasteiger partial charge in [0, 0.05) is 0 Å². The number of fused-ring (bicyclic) bond motifs is 1. The molecule has 100 valence electrons. The van der Waals surface area contributed by atoms with Crippen molar-refractivity contribution in [3.63, 3.8) is 0 Å². The molecule has 0 aliphatic carbocycles. The third kappa shape index (κ3) is 1.45. The Labute approximate surface area is 108 Å². The van der Waals surface area contributed by atoms with Gasteiger partial charge in [-0.15, -0.1) is 11.8 Å². The minimum atomic E-state index is -1.71. The monoisotopic (exact) mass is 273 g/mol. The highest BCUT2D eigenvalue weighted by Gasteiger charge is 2.70. The van der Waals surface area contributed by atoms with E-state index in [1.54, 1.807) is 13.8 Å². The zero-order chi connectivity index (χ0) is 13.7. The number of rotatable bonds is 3. The molecule has 2 fully saturated rings. The molecular weight excluding hydrogens is 258 g/mol. The number of thioether (sulfide) groups is 1. The fourth-order valence-corrected chi connectivity index (χ4v) is 4.17. The van der Waals surface area contributed by atoms with E-state index in [0.717, 1.165) is 0 Å². The molecule has 8 heteroatoms. The van der Waals surface area contributed by atoms with Crippen molar-refractivity contribution in [3.8, 4) is 0 Å². The summed E-state index contributed by atoms with van der Waals surface area (Å²) in [5.74, 6) is -2.10. The first-order valence-electron chi connectivity index (χ1n) is 5.50. The van der Waals surface area contributed by atoms with Crippen LogP contribution in [0.4, 0.5) is 0 Å². The summed E-state index contributed by atoms with van der Waals surface area (Å²) in [7, 11) is 0. The number of hydrogen-bond acceptors (Lipinski definition) is 5. The quantitative estimate of drug-likeness (QED) is 0.564. The lowest BCUT2D eigenvalue weighted by Crippen LogP contribution is -2.75. The standard InChI is InChI=1S/C10H15N3O4S/c1-9(2)10(8(16)17,12-5(14)4-11)13-6(15)3-7(13)18-9/h7H,3-4,11H2,1-2H3,(H,12,14)(H,16,17)/t7-,10?/m1/s1. The SMILES string of the molecule is CC1(C)S[C@@H]2CC(=O)N2C1(NC(=O)CN)C(=O)O. The van der Waals surface area contributed by atoms with Gasteiger partial charge in [-0.3, -0.25) is 14.5 Å². The van der Waals surface area contributed by atoms with Crippen molar-refractivity contribution in [2.45, 2.75) is 36.1 Å². The van der Waals surface area contributed by atoms with Crippen LogP contribution in [0.15, 0.2) is 0 Å². The molecule has 0 aromatic heterocycles. The maximum absolute atomic E-state index is 11.7. The fraction of sp³-hybridized carbons (Fsp3) is 0.700. The van der Waals surface area contributed by atoms with E-state index in [1.165, 1.54) is 16.7 Å². The minimum absolute atomic E-state index is 0.193. The van der Waals surface area contributed by atoms with Crippen LogP contribution in [-0.2, 0) is 14.4 Å². The number of carboxylic acids is 1. The second kappa shape index (κ2) is 3.86. The molecule has 0 spiro atoms. The van der Waals surface area contributed by atoms with Gasteiger partial charge < -0.3 is 16.2 Å². The molecule has 2 aliphatic rings. The van der Waals surface area contributed by atoms with Crippen LogP contribution < -0.4 is 11.1 Å². The number of hydrogen-bond donors (Lipinski definition) is 3. The Kier molecular flexibility index (Phi) is 2.82. The number of amides is 2. The Balaban J connectivity index is 2.46. The Morgan fingerprint density at radius 3 is 2.67 bits per heavy atom. The highest BCUT2D eigenvalue weighted by atomic mass is 32.2. The van der Waals surface area contributed by atoms with Crippen molar-refractivity contribution in [2.24, 2.45) is 5.73 Å². The zero-order valence-electron chi connectivity index (χ0n) is 10.1. The highest BCUT2D eigenvalue weighted by Crippen LogP contribution is 2.55. The van der Waals surface area contributed by atoms with Gasteiger partial charge >= 0.3 is 5.97 Å². The van der Waals surface area contributed by atoms with Crippen molar-refractivity contribution < 1.29 is 19.5 Å². The van der Waals surface area contributed by atoms with Gasteiger partial charge in [0.25, 0.3) is 0 Å². The molecule has 0 aromatic carbocycles. The van der Waals surface area contributed by atoms with Crippen molar-refractivity contribution in [3.05, 3.63) is 0 Å². The van der Waals surface area contributed by atoms with Crippen LogP contribution >= 0.6 is 11.8 Å². The summed E-state index contributed by atoms with van der Waals surface area (Å²) in [6.07, 6.45) is 0.307. The molecular formula is C10H15N3O4S. The fourth-order valence-electron chi connectivity index (χ4n) is 2.48. The topological polar surface area (TPSA) is 113 Å². The molecule has 0 bridgehead atoms. The molecule has 2 saturated heterocycles. The van der Waals surface area contributed by atoms with Crippen LogP contribution in [0.2, 0.25) is 0 Å². The largest absolute Gasteiger partial charge is 0.478 e. The lowest BCUT2D eigenvalue weighted by molar-refractivity contribution is -0.173. The Morgan fingerprint density at radius 2 is 2.22 bits per heavy atom. The molecule has 4 N–H and O–H groups in total. The van der Waals surface area contributed by atoms with Gasteiger partial charge in [0.1, 0.15) is 0 Å². The third-order valence-electron chi connectivity index (χ3n) is 3.38. The molecule has 0 saturated carbocycles. The summed E-state index contributed by atoms with van der Waals surface area (Å²) in [6.45, 7) is 3.09. The van der Waals surface area contributed by atoms with Crippen molar-refractivity contribution in [1.82, 2.24) is 10.2 Å². The van der Waals surface area contributed by atoms with E-state index in [1.807, 2.05) is 0 Å². The van der Waals surface area contributed by atoms with E-state index < -0.39 is 22.3 Å². The number of carbonyl (C=O) groups is 3. The maximum atomic E-state index is 11.7. The molecule has 0 radical (unpaired) electrons. The van der Waals surface area contributed by atoms with Crippen LogP contribution in [0.25, 0.3) is 0 Å². The molecule has 2 heterocycles. The number of carboxylic acid groups (broad SMARTS) is 1. The molecule has 18 heavy (non-hydrogen) atoms. The van der Waals surface area contributed by atoms with Crippen molar-refractivity contribution in [2.75, 3.05) is 6.54 Å². The summed E-state index contributed by atoms with van der Waals surface area (Å²) in [6, 6.07) is 0. The average molecular weight is 273 g/mol. The Bertz CT molecular complexity index is 439. The number of nitrogens with zero attached hydrogens (tertiary/aromatic N) is 1. The van der Waals surface area contributed by atoms with Gasteiger partial charge in [-0.1, -0.05) is 0 Å². The van der Waals surface area contributed by atoms with Crippen LogP contribution in [0.3, 0.4) is 0 Å². The summed E-state index contributed by atoms with van der Waals surface area (Å²) in [5, 5.41) is 11.7. The molecule has 2 rings (SSSR count). The first-order valence-corrected chi connectivity index (χ1v) is 6.38. The van der Waals surface area contributed by atoms with Crippen molar-refractivity contribution >= 4 is 29.5 Å². The number of β-lactam (4-membered cyclic amide) rings is 1. The van der Waals surface area contributed by atoms with Gasteiger partial charge in [-0.05, 0) is 13.8 Å². The summed E-state index contributed by atoms with van der Waals surface area (Å²) >= 11 is 1.38. The lowest BCUT2D eigenvalue weighted by Gasteiger charge is -2.46. The number of aliphatic carboxylic acids is 1. The lowest BCUT2D eigenvalue weighted by atomic mass is 9.90. The van der Waals surface area contributed by atoms with Gasteiger partial charge in [-0.2, -0.15) is 0 Å². The van der Waals surface area contributed by atoms with Gasteiger partial charge in [-0.25, -0.2) is 4.79 Å². The summed E-state index contributed by atoms with van der Waals surface area (Å²) in [4.78, 5) is 36.1. The average Bonchev–Trinajstić information content (AvgIpc) is 2.43. The van der Waals surface area contributed by atoms with Crippen molar-refractivity contribution in [1.29, 1.82) is 0 Å². The molecule has 2 amide bonds. The third-order valence-corrected chi connectivity index (χ3v) is 4.92. The van der Waals surface area contributed by atoms with Crippen LogP contribution in [0.5, 0.6) is 0 Å². The second-order valence-corrected chi connectivity index (χ2v) is 6.62. The van der Waals surface area contributed by atoms with Crippen LogP contribution in [0.1, 0.15) is 20.3 Å².